The molecule has 0 spiro atoms. The lowest BCUT2D eigenvalue weighted by Gasteiger charge is -2.49. The molecule has 1 fully saturated rings. The lowest BCUT2D eigenvalue weighted by atomic mass is 10.1. The summed E-state index contributed by atoms with van der Waals surface area (Å²) in [7, 11) is -1.21. The van der Waals surface area contributed by atoms with Gasteiger partial charge in [0.05, 0.1) is 0 Å². The molecular formula is C11H26S. The van der Waals surface area contributed by atoms with Gasteiger partial charge in [-0.3, -0.25) is 9.16 Å². The maximum Gasteiger partial charge on any atom is -0.0336 e. The zero-order valence-electron chi connectivity index (χ0n) is 9.43. The van der Waals surface area contributed by atoms with E-state index < -0.39 is 9.16 Å². The van der Waals surface area contributed by atoms with Crippen molar-refractivity contribution < 1.29 is 0 Å². The van der Waals surface area contributed by atoms with Crippen LogP contribution >= 0.6 is 9.16 Å². The van der Waals surface area contributed by atoms with Gasteiger partial charge in [0.15, 0.2) is 0 Å². The van der Waals surface area contributed by atoms with Crippen LogP contribution in [0.3, 0.4) is 0 Å². The Bertz CT molecular complexity index is 154. The Balaban J connectivity index is 2.43. The molecule has 1 heteroatoms. The largest absolute Gasteiger partial charge is 0.292 e. The Morgan fingerprint density at radius 3 is 2.00 bits per heavy atom. The van der Waals surface area contributed by atoms with Crippen LogP contribution in [0, 0.1) is 11.8 Å². The van der Waals surface area contributed by atoms with E-state index >= 15 is 0 Å². The molecular weight excluding hydrogens is 164 g/mol. The third-order valence-corrected chi connectivity index (χ3v) is 4.77. The van der Waals surface area contributed by atoms with Crippen molar-refractivity contribution in [2.45, 2.75) is 26.2 Å². The van der Waals surface area contributed by atoms with Crippen molar-refractivity contribution in [1.82, 2.24) is 0 Å². The van der Waals surface area contributed by atoms with Crippen LogP contribution in [-0.2, 0) is 0 Å². The van der Waals surface area contributed by atoms with Gasteiger partial charge < -0.3 is 0 Å². The molecule has 0 aromatic rings. The summed E-state index contributed by atoms with van der Waals surface area (Å²) in [5, 5.41) is 0. The molecule has 1 saturated carbocycles. The molecule has 0 aromatic heterocycles. The third-order valence-electron chi connectivity index (χ3n) is 2.79. The van der Waals surface area contributed by atoms with Crippen molar-refractivity contribution >= 4 is 9.16 Å². The van der Waals surface area contributed by atoms with E-state index in [2.05, 4.69) is 31.9 Å². The molecule has 0 radical (unpaired) electrons. The SMILES string of the molecule is CC1CCC(C[SH](C)(C)(C)C)C1. The first-order valence-corrected chi connectivity index (χ1v) is 9.43. The fraction of sp³-hybridized carbons (Fsp3) is 1.00. The Morgan fingerprint density at radius 1 is 1.08 bits per heavy atom. The molecule has 1 rings (SSSR count). The summed E-state index contributed by atoms with van der Waals surface area (Å²) in [6, 6.07) is 0. The predicted octanol–water partition coefficient (Wildman–Crippen LogP) is 3.01. The summed E-state index contributed by atoms with van der Waals surface area (Å²) >= 11 is 0. The summed E-state index contributed by atoms with van der Waals surface area (Å²) in [5.74, 6) is 3.59. The van der Waals surface area contributed by atoms with Gasteiger partial charge in [-0.25, -0.2) is 0 Å². The van der Waals surface area contributed by atoms with Crippen molar-refractivity contribution in [3.63, 3.8) is 0 Å². The van der Waals surface area contributed by atoms with Crippen LogP contribution < -0.4 is 0 Å². The molecule has 0 amide bonds. The monoisotopic (exact) mass is 190 g/mol. The van der Waals surface area contributed by atoms with Gasteiger partial charge >= 0.3 is 0 Å². The molecule has 2 unspecified atom stereocenters. The average molecular weight is 190 g/mol. The van der Waals surface area contributed by atoms with Crippen LogP contribution in [0.2, 0.25) is 0 Å². The van der Waals surface area contributed by atoms with E-state index in [0.29, 0.717) is 0 Å². The van der Waals surface area contributed by atoms with Gasteiger partial charge in [0.25, 0.3) is 0 Å². The van der Waals surface area contributed by atoms with E-state index in [-0.39, 0.29) is 0 Å². The zero-order chi connectivity index (χ0) is 9.43. The molecule has 0 aliphatic heterocycles. The Labute approximate surface area is 78.4 Å². The molecule has 0 aromatic carbocycles. The van der Waals surface area contributed by atoms with Crippen LogP contribution in [0.5, 0.6) is 0 Å². The topological polar surface area (TPSA) is 0 Å². The van der Waals surface area contributed by atoms with Crippen molar-refractivity contribution in [1.29, 1.82) is 0 Å². The smallest absolute Gasteiger partial charge is 0.0336 e. The van der Waals surface area contributed by atoms with Gasteiger partial charge in [0.2, 0.25) is 0 Å². The van der Waals surface area contributed by atoms with Crippen LogP contribution in [0.1, 0.15) is 26.2 Å². The molecule has 2 atom stereocenters. The van der Waals surface area contributed by atoms with E-state index in [1.165, 1.54) is 25.0 Å². The highest BCUT2D eigenvalue weighted by Gasteiger charge is 2.28. The molecule has 0 nitrogen and oxygen atoms in total. The Kier molecular flexibility index (Phi) is 2.55. The van der Waals surface area contributed by atoms with Gasteiger partial charge in [-0.05, 0) is 55.5 Å². The molecule has 0 heterocycles. The standard InChI is InChI=1S/C11H26S/c1-10-6-7-11(8-10)9-12(2,3,4)5/h10-12H,6-9H2,1-5H3. The van der Waals surface area contributed by atoms with Gasteiger partial charge in [-0.2, -0.15) is 0 Å². The van der Waals surface area contributed by atoms with E-state index in [9.17, 15) is 0 Å². The molecule has 0 saturated heterocycles. The van der Waals surface area contributed by atoms with Crippen molar-refractivity contribution in [2.75, 3.05) is 30.8 Å². The minimum absolute atomic E-state index is 1.01. The lowest BCUT2D eigenvalue weighted by Crippen LogP contribution is -2.20. The quantitative estimate of drug-likeness (QED) is 0.636. The maximum absolute atomic E-state index is 2.51. The van der Waals surface area contributed by atoms with Gasteiger partial charge in [-0.1, -0.05) is 13.3 Å². The highest BCUT2D eigenvalue weighted by molar-refractivity contribution is 8.47. The summed E-state index contributed by atoms with van der Waals surface area (Å²) < 4.78 is 0. The lowest BCUT2D eigenvalue weighted by molar-refractivity contribution is 0.559. The van der Waals surface area contributed by atoms with Crippen LogP contribution in [0.25, 0.3) is 0 Å². The fourth-order valence-corrected chi connectivity index (χ4v) is 4.92. The highest BCUT2D eigenvalue weighted by Crippen LogP contribution is 2.58. The van der Waals surface area contributed by atoms with Gasteiger partial charge in [0, 0.05) is 0 Å². The molecule has 12 heavy (non-hydrogen) atoms. The normalized spacial score (nSPS) is 34.6. The summed E-state index contributed by atoms with van der Waals surface area (Å²) in [6.07, 6.45) is 14.5. The van der Waals surface area contributed by atoms with E-state index in [1.54, 1.807) is 0 Å². The second kappa shape index (κ2) is 2.94. The van der Waals surface area contributed by atoms with E-state index in [1.807, 2.05) is 0 Å². The fourth-order valence-electron chi connectivity index (χ4n) is 2.52. The summed E-state index contributed by atoms with van der Waals surface area (Å²) in [6.45, 7) is 2.41. The van der Waals surface area contributed by atoms with Crippen molar-refractivity contribution in [3.8, 4) is 0 Å². The first-order chi connectivity index (χ1) is 5.22. The average Bonchev–Trinajstić information content (AvgIpc) is 2.07. The first-order valence-electron chi connectivity index (χ1n) is 5.22. The second-order valence-corrected chi connectivity index (χ2v) is 15.2. The summed E-state index contributed by atoms with van der Waals surface area (Å²) in [4.78, 5) is 0. The number of hydrogen-bond acceptors (Lipinski definition) is 0. The first kappa shape index (κ1) is 10.4. The van der Waals surface area contributed by atoms with Gasteiger partial charge in [0.1, 0.15) is 0 Å². The minimum Gasteiger partial charge on any atom is -0.292 e. The molecule has 76 valence electrons. The molecule has 1 aliphatic rings. The van der Waals surface area contributed by atoms with E-state index in [0.717, 1.165) is 11.8 Å². The number of hydrogen-bond donors (Lipinski definition) is 1. The van der Waals surface area contributed by atoms with Crippen LogP contribution in [-0.4, -0.2) is 30.8 Å². The van der Waals surface area contributed by atoms with Crippen LogP contribution in [0.15, 0.2) is 0 Å². The van der Waals surface area contributed by atoms with Crippen molar-refractivity contribution in [2.24, 2.45) is 11.8 Å². The minimum atomic E-state index is -1.21. The van der Waals surface area contributed by atoms with Gasteiger partial charge in [-0.15, -0.1) is 0 Å². The number of rotatable bonds is 2. The van der Waals surface area contributed by atoms with E-state index in [4.69, 9.17) is 0 Å². The zero-order valence-corrected chi connectivity index (χ0v) is 10.3. The maximum atomic E-state index is 2.51. The number of thiol groups is 1. The summed E-state index contributed by atoms with van der Waals surface area (Å²) in [5.41, 5.74) is 0. The molecule has 1 aliphatic carbocycles. The highest BCUT2D eigenvalue weighted by atomic mass is 32.3. The Hall–Kier alpha value is 0.350. The predicted molar refractivity (Wildman–Crippen MR) is 64.1 cm³/mol. The molecule has 0 N–H and O–H groups in total. The Morgan fingerprint density at radius 2 is 1.67 bits per heavy atom. The van der Waals surface area contributed by atoms with Crippen molar-refractivity contribution in [3.05, 3.63) is 0 Å². The second-order valence-electron chi connectivity index (χ2n) is 6.92. The van der Waals surface area contributed by atoms with Crippen LogP contribution in [0.4, 0.5) is 0 Å². The molecule has 0 bridgehead atoms. The third kappa shape index (κ3) is 3.84.